The number of benzene rings is 2. The number of carbonyl (C=O) groups excluding carboxylic acids is 2. The minimum Gasteiger partial charge on any atom is -0.336 e. The van der Waals surface area contributed by atoms with E-state index in [0.29, 0.717) is 0 Å². The number of nitrogens with one attached hydrogen (secondary N) is 1. The summed E-state index contributed by atoms with van der Waals surface area (Å²) >= 11 is 0. The number of alkyl halides is 3. The van der Waals surface area contributed by atoms with Gasteiger partial charge < -0.3 is 10.2 Å². The predicted octanol–water partition coefficient (Wildman–Crippen LogP) is 4.00. The second-order valence-electron chi connectivity index (χ2n) is 6.58. The number of carbonyl (C=O) groups is 2. The number of rotatable bonds is 3. The number of hydrogen-bond donors (Lipinski definition) is 1. The van der Waals surface area contributed by atoms with Crippen molar-refractivity contribution in [2.75, 3.05) is 12.4 Å². The molecule has 2 aromatic carbocycles. The molecule has 1 saturated heterocycles. The molecular weight excluding hydrogens is 364 g/mol. The molecule has 0 spiro atoms. The van der Waals surface area contributed by atoms with Gasteiger partial charge in [-0.05, 0) is 36.8 Å². The Morgan fingerprint density at radius 1 is 1.15 bits per heavy atom. The molecule has 1 fully saturated rings. The van der Waals surface area contributed by atoms with Crippen LogP contribution in [0, 0.1) is 11.2 Å². The van der Waals surface area contributed by atoms with Crippen molar-refractivity contribution >= 4 is 17.5 Å². The summed E-state index contributed by atoms with van der Waals surface area (Å²) in [5.41, 5.74) is -2.45. The Balaban J connectivity index is 1.95. The van der Waals surface area contributed by atoms with Crippen LogP contribution in [0.4, 0.5) is 23.2 Å². The number of nitrogens with zero attached hydrogens (tertiary/aromatic N) is 1. The Kier molecular flexibility index (Phi) is 4.45. The molecule has 1 aliphatic rings. The zero-order valence-electron chi connectivity index (χ0n) is 14.5. The van der Waals surface area contributed by atoms with Crippen molar-refractivity contribution in [1.29, 1.82) is 0 Å². The summed E-state index contributed by atoms with van der Waals surface area (Å²) in [5, 5.41) is 2.36. The molecule has 1 heterocycles. The molecule has 0 aliphatic carbocycles. The van der Waals surface area contributed by atoms with Gasteiger partial charge in [0.25, 0.3) is 0 Å². The molecule has 2 aromatic rings. The molecule has 2 atom stereocenters. The van der Waals surface area contributed by atoms with Crippen molar-refractivity contribution in [1.82, 2.24) is 4.90 Å². The minimum absolute atomic E-state index is 0.103. The third kappa shape index (κ3) is 3.05. The lowest BCUT2D eigenvalue weighted by molar-refractivity contribution is -0.172. The summed E-state index contributed by atoms with van der Waals surface area (Å²) in [6.07, 6.45) is -4.55. The van der Waals surface area contributed by atoms with Crippen molar-refractivity contribution < 1.29 is 27.2 Å². The molecular formula is C19H16F4N2O2. The quantitative estimate of drug-likeness (QED) is 0.497. The van der Waals surface area contributed by atoms with Crippen LogP contribution < -0.4 is 5.32 Å². The Hall–Kier alpha value is -2.90. The first-order valence-corrected chi connectivity index (χ1v) is 8.07. The maximum Gasteiger partial charge on any atom is 0.416 e. The second kappa shape index (κ2) is 6.37. The fourth-order valence-electron chi connectivity index (χ4n) is 3.40. The highest BCUT2D eigenvalue weighted by Gasteiger charge is 2.61. The van der Waals surface area contributed by atoms with E-state index >= 15 is 0 Å². The van der Waals surface area contributed by atoms with E-state index in [1.165, 1.54) is 49.2 Å². The third-order valence-electron chi connectivity index (χ3n) is 4.82. The van der Waals surface area contributed by atoms with E-state index in [1.54, 1.807) is 0 Å². The van der Waals surface area contributed by atoms with E-state index in [1.807, 2.05) is 0 Å². The smallest absolute Gasteiger partial charge is 0.336 e. The van der Waals surface area contributed by atoms with Crippen LogP contribution in [0.5, 0.6) is 0 Å². The fourth-order valence-corrected chi connectivity index (χ4v) is 3.40. The van der Waals surface area contributed by atoms with E-state index < -0.39 is 40.8 Å². The van der Waals surface area contributed by atoms with Gasteiger partial charge in [0.1, 0.15) is 11.2 Å². The highest BCUT2D eigenvalue weighted by molar-refractivity contribution is 6.14. The molecule has 3 rings (SSSR count). The van der Waals surface area contributed by atoms with E-state index in [9.17, 15) is 27.2 Å². The van der Waals surface area contributed by atoms with Gasteiger partial charge in [-0.25, -0.2) is 4.39 Å². The number of amides is 2. The number of anilines is 1. The molecule has 2 amide bonds. The largest absolute Gasteiger partial charge is 0.416 e. The monoisotopic (exact) mass is 380 g/mol. The number of β-lactam (4-membered cyclic amide) rings is 1. The van der Waals surface area contributed by atoms with Crippen LogP contribution >= 0.6 is 0 Å². The molecule has 0 bridgehead atoms. The van der Waals surface area contributed by atoms with E-state index in [-0.39, 0.29) is 11.3 Å². The first kappa shape index (κ1) is 18.9. The van der Waals surface area contributed by atoms with Gasteiger partial charge in [-0.3, -0.25) is 9.59 Å². The summed E-state index contributed by atoms with van der Waals surface area (Å²) in [6, 6.07) is 9.03. The highest BCUT2D eigenvalue weighted by Crippen LogP contribution is 2.50. The summed E-state index contributed by atoms with van der Waals surface area (Å²) in [5.74, 6) is -2.01. The lowest BCUT2D eigenvalue weighted by Crippen LogP contribution is -2.65. The van der Waals surface area contributed by atoms with E-state index in [0.717, 1.165) is 18.2 Å². The maximum absolute atomic E-state index is 13.8. The average molecular weight is 380 g/mol. The maximum atomic E-state index is 13.8. The molecule has 27 heavy (non-hydrogen) atoms. The minimum atomic E-state index is -4.55. The van der Waals surface area contributed by atoms with Gasteiger partial charge in [0.15, 0.2) is 0 Å². The van der Waals surface area contributed by atoms with Crippen LogP contribution in [0.3, 0.4) is 0 Å². The van der Waals surface area contributed by atoms with Crippen LogP contribution in [-0.2, 0) is 15.8 Å². The normalized spacial score (nSPS) is 22.4. The zero-order valence-corrected chi connectivity index (χ0v) is 14.5. The van der Waals surface area contributed by atoms with Gasteiger partial charge in [0, 0.05) is 7.05 Å². The van der Waals surface area contributed by atoms with E-state index in [2.05, 4.69) is 5.32 Å². The van der Waals surface area contributed by atoms with Crippen LogP contribution in [0.25, 0.3) is 0 Å². The zero-order chi connectivity index (χ0) is 20.0. The van der Waals surface area contributed by atoms with E-state index in [4.69, 9.17) is 0 Å². The molecule has 1 N–H and O–H groups in total. The summed E-state index contributed by atoms with van der Waals surface area (Å²) in [6.45, 7) is 1.34. The Morgan fingerprint density at radius 3 is 2.44 bits per heavy atom. The number of hydrogen-bond acceptors (Lipinski definition) is 2. The molecule has 4 nitrogen and oxygen atoms in total. The third-order valence-corrected chi connectivity index (χ3v) is 4.82. The first-order chi connectivity index (χ1) is 12.6. The SMILES string of the molecule is CN1C(=O)C(C)(C(=O)Nc2ccccc2F)C1c1cccc(C(F)(F)F)c1. The first-order valence-electron chi connectivity index (χ1n) is 8.07. The number of para-hydroxylation sites is 1. The molecule has 0 aromatic heterocycles. The molecule has 2 unspecified atom stereocenters. The van der Waals surface area contributed by atoms with Crippen LogP contribution in [0.2, 0.25) is 0 Å². The summed E-state index contributed by atoms with van der Waals surface area (Å²) < 4.78 is 52.8. The van der Waals surface area contributed by atoms with Gasteiger partial charge in [0.2, 0.25) is 11.8 Å². The Bertz CT molecular complexity index is 913. The molecule has 1 aliphatic heterocycles. The summed E-state index contributed by atoms with van der Waals surface area (Å²) in [4.78, 5) is 26.4. The van der Waals surface area contributed by atoms with Crippen molar-refractivity contribution in [2.24, 2.45) is 5.41 Å². The van der Waals surface area contributed by atoms with Crippen molar-refractivity contribution in [3.63, 3.8) is 0 Å². The topological polar surface area (TPSA) is 49.4 Å². The van der Waals surface area contributed by atoms with Gasteiger partial charge in [0.05, 0.1) is 17.3 Å². The molecule has 142 valence electrons. The van der Waals surface area contributed by atoms with Crippen LogP contribution in [-0.4, -0.2) is 23.8 Å². The Morgan fingerprint density at radius 2 is 1.81 bits per heavy atom. The summed E-state index contributed by atoms with van der Waals surface area (Å²) in [7, 11) is 1.41. The lowest BCUT2D eigenvalue weighted by Gasteiger charge is -2.51. The number of likely N-dealkylation sites (tertiary alicyclic amines) is 1. The van der Waals surface area contributed by atoms with Gasteiger partial charge in [-0.15, -0.1) is 0 Å². The second-order valence-corrected chi connectivity index (χ2v) is 6.58. The van der Waals surface area contributed by atoms with Crippen LogP contribution in [0.1, 0.15) is 24.1 Å². The van der Waals surface area contributed by atoms with Gasteiger partial charge in [-0.1, -0.05) is 24.3 Å². The fraction of sp³-hybridized carbons (Fsp3) is 0.263. The molecule has 8 heteroatoms. The predicted molar refractivity (Wildman–Crippen MR) is 90.1 cm³/mol. The average Bonchev–Trinajstić information content (AvgIpc) is 2.62. The molecule has 0 saturated carbocycles. The lowest BCUT2D eigenvalue weighted by atomic mass is 9.68. The van der Waals surface area contributed by atoms with Crippen molar-refractivity contribution in [2.45, 2.75) is 19.1 Å². The highest BCUT2D eigenvalue weighted by atomic mass is 19.4. The van der Waals surface area contributed by atoms with Gasteiger partial charge >= 0.3 is 6.18 Å². The van der Waals surface area contributed by atoms with Crippen molar-refractivity contribution in [3.05, 3.63) is 65.5 Å². The standard InChI is InChI=1S/C19H16F4N2O2/c1-18(16(26)24-14-9-4-3-8-13(14)20)15(25(2)17(18)27)11-6-5-7-12(10-11)19(21,22)23/h3-10,15H,1-2H3,(H,24,26). The van der Waals surface area contributed by atoms with Crippen molar-refractivity contribution in [3.8, 4) is 0 Å². The Labute approximate surface area is 152 Å². The molecule has 0 radical (unpaired) electrons. The number of halogens is 4. The van der Waals surface area contributed by atoms with Gasteiger partial charge in [-0.2, -0.15) is 13.2 Å². The van der Waals surface area contributed by atoms with Crippen LogP contribution in [0.15, 0.2) is 48.5 Å².